The summed E-state index contributed by atoms with van der Waals surface area (Å²) < 4.78 is 4.72. The van der Waals surface area contributed by atoms with Crippen LogP contribution >= 0.6 is 0 Å². The predicted octanol–water partition coefficient (Wildman–Crippen LogP) is 2.04. The monoisotopic (exact) mass is 143 g/mol. The molecule has 0 aromatic carbocycles. The molecule has 0 rings (SSSR count). The Kier molecular flexibility index (Phi) is 6.24. The predicted molar refractivity (Wildman–Crippen MR) is 40.4 cm³/mol. The summed E-state index contributed by atoms with van der Waals surface area (Å²) in [4.78, 5) is 9.82. The van der Waals surface area contributed by atoms with Gasteiger partial charge in [0.1, 0.15) is 6.10 Å². The van der Waals surface area contributed by atoms with E-state index >= 15 is 0 Å². The highest BCUT2D eigenvalue weighted by molar-refractivity contribution is 5.38. The lowest BCUT2D eigenvalue weighted by Crippen LogP contribution is -2.10. The van der Waals surface area contributed by atoms with Crippen molar-refractivity contribution in [3.05, 3.63) is 0 Å². The highest BCUT2D eigenvalue weighted by Gasteiger charge is 2.05. The largest absolute Gasteiger partial charge is 0.454 e. The summed E-state index contributed by atoms with van der Waals surface area (Å²) in [5, 5.41) is 0. The number of hydrogen-bond donors (Lipinski definition) is 0. The first-order valence-electron chi connectivity index (χ1n) is 3.87. The Hall–Kier alpha value is -0.530. The Labute approximate surface area is 62.6 Å². The molecule has 0 amide bonds. The van der Waals surface area contributed by atoms with Crippen molar-refractivity contribution < 1.29 is 9.53 Å². The first kappa shape index (κ1) is 9.47. The molecular formula is C8H15O2. The van der Waals surface area contributed by atoms with Gasteiger partial charge in [-0.2, -0.15) is 0 Å². The second kappa shape index (κ2) is 6.59. The molecule has 1 radical (unpaired) electrons. The van der Waals surface area contributed by atoms with Crippen LogP contribution in [-0.2, 0) is 9.53 Å². The molecule has 2 nitrogen and oxygen atoms in total. The van der Waals surface area contributed by atoms with E-state index in [0.717, 1.165) is 25.7 Å². The van der Waals surface area contributed by atoms with Gasteiger partial charge in [0.05, 0.1) is 0 Å². The summed E-state index contributed by atoms with van der Waals surface area (Å²) >= 11 is 0. The van der Waals surface area contributed by atoms with Gasteiger partial charge in [0.2, 0.25) is 0 Å². The molecule has 0 unspecified atom stereocenters. The Morgan fingerprint density at radius 2 is 1.80 bits per heavy atom. The SMILES string of the molecule is CCCC(CCC)O[C]=O. The van der Waals surface area contributed by atoms with Crippen molar-refractivity contribution >= 4 is 6.47 Å². The molecule has 10 heavy (non-hydrogen) atoms. The molecule has 0 aliphatic rings. The fourth-order valence-electron chi connectivity index (χ4n) is 0.974. The van der Waals surface area contributed by atoms with E-state index in [1.807, 2.05) is 0 Å². The molecule has 0 fully saturated rings. The first-order valence-corrected chi connectivity index (χ1v) is 3.87. The van der Waals surface area contributed by atoms with E-state index in [2.05, 4.69) is 13.8 Å². The summed E-state index contributed by atoms with van der Waals surface area (Å²) in [7, 11) is 0. The second-order valence-corrected chi connectivity index (χ2v) is 2.40. The number of ether oxygens (including phenoxy) is 1. The molecule has 0 aromatic rings. The highest BCUT2D eigenvalue weighted by Crippen LogP contribution is 2.07. The summed E-state index contributed by atoms with van der Waals surface area (Å²) in [6.07, 6.45) is 4.15. The quantitative estimate of drug-likeness (QED) is 0.568. The van der Waals surface area contributed by atoms with Crippen molar-refractivity contribution in [3.8, 4) is 0 Å². The van der Waals surface area contributed by atoms with E-state index < -0.39 is 0 Å². The Bertz CT molecular complexity index is 75.3. The van der Waals surface area contributed by atoms with Crippen LogP contribution in [0.15, 0.2) is 0 Å². The van der Waals surface area contributed by atoms with Gasteiger partial charge < -0.3 is 4.74 Å². The lowest BCUT2D eigenvalue weighted by atomic mass is 10.1. The lowest BCUT2D eigenvalue weighted by Gasteiger charge is -2.10. The van der Waals surface area contributed by atoms with Crippen molar-refractivity contribution in [3.63, 3.8) is 0 Å². The zero-order valence-corrected chi connectivity index (χ0v) is 6.72. The molecule has 0 bridgehead atoms. The molecule has 0 saturated carbocycles. The summed E-state index contributed by atoms with van der Waals surface area (Å²) in [6, 6.07) is 0. The third kappa shape index (κ3) is 4.36. The summed E-state index contributed by atoms with van der Waals surface area (Å²) in [5.74, 6) is 0. The van der Waals surface area contributed by atoms with Gasteiger partial charge in [0.15, 0.2) is 0 Å². The van der Waals surface area contributed by atoms with Crippen molar-refractivity contribution in [2.75, 3.05) is 0 Å². The number of carbonyl (C=O) groups excluding carboxylic acids is 1. The van der Waals surface area contributed by atoms with E-state index in [1.165, 1.54) is 6.47 Å². The first-order chi connectivity index (χ1) is 4.85. The van der Waals surface area contributed by atoms with Crippen LogP contribution in [0.4, 0.5) is 0 Å². The molecule has 0 spiro atoms. The van der Waals surface area contributed by atoms with E-state index in [-0.39, 0.29) is 6.10 Å². The second-order valence-electron chi connectivity index (χ2n) is 2.40. The molecule has 0 heterocycles. The molecule has 59 valence electrons. The van der Waals surface area contributed by atoms with Crippen molar-refractivity contribution in [2.24, 2.45) is 0 Å². The zero-order chi connectivity index (χ0) is 7.82. The van der Waals surface area contributed by atoms with E-state index in [4.69, 9.17) is 4.74 Å². The maximum absolute atomic E-state index is 9.82. The molecule has 0 atom stereocenters. The molecule has 2 heteroatoms. The Balaban J connectivity index is 3.38. The minimum atomic E-state index is 0.104. The van der Waals surface area contributed by atoms with Crippen LogP contribution in [0.3, 0.4) is 0 Å². The highest BCUT2D eigenvalue weighted by atomic mass is 16.5. The van der Waals surface area contributed by atoms with Crippen molar-refractivity contribution in [1.29, 1.82) is 0 Å². The van der Waals surface area contributed by atoms with Gasteiger partial charge in [-0.15, -0.1) is 0 Å². The fourth-order valence-corrected chi connectivity index (χ4v) is 0.974. The van der Waals surface area contributed by atoms with Gasteiger partial charge in [-0.25, -0.2) is 4.79 Å². The molecule has 0 aromatic heterocycles. The van der Waals surface area contributed by atoms with E-state index in [1.54, 1.807) is 0 Å². The Morgan fingerprint density at radius 3 is 2.10 bits per heavy atom. The number of rotatable bonds is 6. The van der Waals surface area contributed by atoms with Crippen LogP contribution in [0.1, 0.15) is 39.5 Å². The number of hydrogen-bond acceptors (Lipinski definition) is 2. The minimum Gasteiger partial charge on any atom is -0.454 e. The third-order valence-corrected chi connectivity index (χ3v) is 1.44. The standard InChI is InChI=1S/C8H15O2/c1-3-5-8(6-4-2)10-7-9/h8H,3-6H2,1-2H3. The van der Waals surface area contributed by atoms with E-state index in [9.17, 15) is 4.79 Å². The van der Waals surface area contributed by atoms with Gasteiger partial charge in [-0.3, -0.25) is 0 Å². The summed E-state index contributed by atoms with van der Waals surface area (Å²) in [5.41, 5.74) is 0. The molecule has 0 aliphatic heterocycles. The van der Waals surface area contributed by atoms with Gasteiger partial charge in [0, 0.05) is 0 Å². The van der Waals surface area contributed by atoms with Gasteiger partial charge in [0.25, 0.3) is 0 Å². The average molecular weight is 143 g/mol. The third-order valence-electron chi connectivity index (χ3n) is 1.44. The molecular weight excluding hydrogens is 128 g/mol. The van der Waals surface area contributed by atoms with Crippen LogP contribution in [0.2, 0.25) is 0 Å². The van der Waals surface area contributed by atoms with Crippen LogP contribution in [-0.4, -0.2) is 12.6 Å². The maximum atomic E-state index is 9.82. The van der Waals surface area contributed by atoms with Gasteiger partial charge in [-0.05, 0) is 12.8 Å². The topological polar surface area (TPSA) is 26.3 Å². The minimum absolute atomic E-state index is 0.104. The van der Waals surface area contributed by atoms with Crippen LogP contribution in [0.5, 0.6) is 0 Å². The van der Waals surface area contributed by atoms with Crippen LogP contribution in [0.25, 0.3) is 0 Å². The van der Waals surface area contributed by atoms with Gasteiger partial charge in [-0.1, -0.05) is 26.7 Å². The van der Waals surface area contributed by atoms with Gasteiger partial charge >= 0.3 is 6.47 Å². The smallest absolute Gasteiger partial charge is 0.417 e. The normalized spacial score (nSPS) is 9.90. The molecule has 0 N–H and O–H groups in total. The van der Waals surface area contributed by atoms with Crippen molar-refractivity contribution in [2.45, 2.75) is 45.6 Å². The average Bonchev–Trinajstić information content (AvgIpc) is 1.90. The van der Waals surface area contributed by atoms with Crippen LogP contribution in [0, 0.1) is 0 Å². The van der Waals surface area contributed by atoms with E-state index in [0.29, 0.717) is 0 Å². The van der Waals surface area contributed by atoms with Crippen molar-refractivity contribution in [1.82, 2.24) is 0 Å². The Morgan fingerprint density at radius 1 is 1.30 bits per heavy atom. The zero-order valence-electron chi connectivity index (χ0n) is 6.72. The molecule has 0 saturated heterocycles. The maximum Gasteiger partial charge on any atom is 0.417 e. The van der Waals surface area contributed by atoms with Crippen LogP contribution < -0.4 is 0 Å². The molecule has 0 aliphatic carbocycles. The fraction of sp³-hybridized carbons (Fsp3) is 0.875. The lowest BCUT2D eigenvalue weighted by molar-refractivity contribution is 0.156. The summed E-state index contributed by atoms with van der Waals surface area (Å²) in [6.45, 7) is 5.65.